The van der Waals surface area contributed by atoms with Crippen molar-refractivity contribution in [3.05, 3.63) is 54.1 Å². The molecule has 0 aromatic heterocycles. The number of hydrogen-bond donors (Lipinski definition) is 0. The van der Waals surface area contributed by atoms with Gasteiger partial charge < -0.3 is 4.74 Å². The summed E-state index contributed by atoms with van der Waals surface area (Å²) in [6.07, 6.45) is 33.6. The molecule has 2 aromatic carbocycles. The summed E-state index contributed by atoms with van der Waals surface area (Å²) in [5, 5.41) is 0. The van der Waals surface area contributed by atoms with Crippen molar-refractivity contribution in [1.29, 1.82) is 0 Å². The molecule has 2 aromatic rings. The van der Waals surface area contributed by atoms with Crippen LogP contribution in [0.15, 0.2) is 48.5 Å². The molecule has 0 radical (unpaired) electrons. The molecule has 1 nitrogen and oxygen atoms in total. The Bertz CT molecular complexity index is 755. The fraction of sp³-hybridized carbons (Fsp3) is 0.676. The van der Waals surface area contributed by atoms with Crippen LogP contribution in [0.1, 0.15) is 153 Å². The van der Waals surface area contributed by atoms with Gasteiger partial charge >= 0.3 is 0 Å². The molecular formula is C37H58O. The summed E-state index contributed by atoms with van der Waals surface area (Å²) in [5.41, 5.74) is 4.11. The summed E-state index contributed by atoms with van der Waals surface area (Å²) in [4.78, 5) is 0. The maximum Gasteiger partial charge on any atom is 0.127 e. The van der Waals surface area contributed by atoms with Gasteiger partial charge in [0.15, 0.2) is 0 Å². The van der Waals surface area contributed by atoms with Crippen molar-refractivity contribution < 1.29 is 4.74 Å². The minimum absolute atomic E-state index is 0.833. The maximum absolute atomic E-state index is 6.34. The van der Waals surface area contributed by atoms with Crippen LogP contribution >= 0.6 is 0 Å². The molecule has 0 bridgehead atoms. The quantitative estimate of drug-likeness (QED) is 0.337. The molecule has 212 valence electrons. The van der Waals surface area contributed by atoms with Gasteiger partial charge in [-0.2, -0.15) is 0 Å². The highest BCUT2D eigenvalue weighted by molar-refractivity contribution is 5.73. The van der Waals surface area contributed by atoms with Gasteiger partial charge in [-0.15, -0.1) is 0 Å². The summed E-state index contributed by atoms with van der Waals surface area (Å²) in [5.74, 6) is 1.06. The van der Waals surface area contributed by atoms with Gasteiger partial charge in [-0.3, -0.25) is 0 Å². The van der Waals surface area contributed by atoms with Gasteiger partial charge in [0, 0.05) is 5.56 Å². The Hall–Kier alpha value is -1.76. The molecule has 1 heterocycles. The number of ether oxygens (including phenoxy) is 1. The Balaban J connectivity index is 1.46. The highest BCUT2D eigenvalue weighted by atomic mass is 16.5. The smallest absolute Gasteiger partial charge is 0.127 e. The van der Waals surface area contributed by atoms with E-state index < -0.39 is 0 Å². The van der Waals surface area contributed by atoms with E-state index in [1.807, 2.05) is 0 Å². The van der Waals surface area contributed by atoms with Gasteiger partial charge in [0.25, 0.3) is 0 Å². The molecule has 0 atom stereocenters. The minimum atomic E-state index is 0.833. The lowest BCUT2D eigenvalue weighted by Gasteiger charge is -2.15. The van der Waals surface area contributed by atoms with E-state index in [4.69, 9.17) is 4.74 Å². The minimum Gasteiger partial charge on any atom is -0.493 e. The third kappa shape index (κ3) is 13.3. The Kier molecular flexibility index (Phi) is 17.1. The van der Waals surface area contributed by atoms with E-state index in [1.54, 1.807) is 0 Å². The van der Waals surface area contributed by atoms with Crippen LogP contribution in [-0.4, -0.2) is 6.61 Å². The lowest BCUT2D eigenvalue weighted by atomic mass is 9.95. The van der Waals surface area contributed by atoms with Crippen molar-refractivity contribution >= 4 is 0 Å². The topological polar surface area (TPSA) is 9.23 Å². The molecule has 3 rings (SSSR count). The number of hydrogen-bond acceptors (Lipinski definition) is 1. The van der Waals surface area contributed by atoms with Crippen LogP contribution in [0.5, 0.6) is 5.75 Å². The largest absolute Gasteiger partial charge is 0.493 e. The average Bonchev–Trinajstić information content (AvgIpc) is 2.95. The summed E-state index contributed by atoms with van der Waals surface area (Å²) in [6, 6.07) is 17.7. The molecule has 0 amide bonds. The molecule has 1 heteroatoms. The van der Waals surface area contributed by atoms with Crippen LogP contribution in [0.3, 0.4) is 0 Å². The number of para-hydroxylation sites is 1. The van der Waals surface area contributed by atoms with Crippen molar-refractivity contribution in [1.82, 2.24) is 0 Å². The first-order valence-electron chi connectivity index (χ1n) is 16.8. The lowest BCUT2D eigenvalue weighted by Crippen LogP contribution is -2.00. The van der Waals surface area contributed by atoms with Crippen molar-refractivity contribution in [2.75, 3.05) is 6.61 Å². The maximum atomic E-state index is 6.34. The highest BCUT2D eigenvalue weighted by Crippen LogP contribution is 2.33. The SMILES string of the molecule is c1ccc2c(c1)CCCCCCCCCCCCCCCCCCCCCCCCCOc1ccccc1-2. The molecular weight excluding hydrogens is 460 g/mol. The zero-order chi connectivity index (χ0) is 26.4. The Morgan fingerprint density at radius 2 is 0.711 bits per heavy atom. The van der Waals surface area contributed by atoms with Crippen LogP contribution in [-0.2, 0) is 6.42 Å². The monoisotopic (exact) mass is 518 g/mol. The number of rotatable bonds is 0. The molecule has 1 aliphatic heterocycles. The molecule has 0 N–H and O–H groups in total. The van der Waals surface area contributed by atoms with E-state index in [0.717, 1.165) is 18.8 Å². The summed E-state index contributed by atoms with van der Waals surface area (Å²) in [6.45, 7) is 0.833. The van der Waals surface area contributed by atoms with Crippen molar-refractivity contribution in [2.45, 2.75) is 154 Å². The van der Waals surface area contributed by atoms with Crippen LogP contribution in [0.25, 0.3) is 11.1 Å². The second kappa shape index (κ2) is 21.1. The predicted octanol–water partition coefficient (Wildman–Crippen LogP) is 12.3. The Labute approximate surface area is 236 Å². The van der Waals surface area contributed by atoms with Crippen molar-refractivity contribution in [2.24, 2.45) is 0 Å². The van der Waals surface area contributed by atoms with Gasteiger partial charge in [0.05, 0.1) is 6.61 Å². The van der Waals surface area contributed by atoms with Gasteiger partial charge in [-0.05, 0) is 36.5 Å². The fourth-order valence-corrected chi connectivity index (χ4v) is 6.13. The second-order valence-corrected chi connectivity index (χ2v) is 11.9. The second-order valence-electron chi connectivity index (χ2n) is 11.9. The fourth-order valence-electron chi connectivity index (χ4n) is 6.13. The van der Waals surface area contributed by atoms with E-state index in [0.29, 0.717) is 0 Å². The predicted molar refractivity (Wildman–Crippen MR) is 167 cm³/mol. The summed E-state index contributed by atoms with van der Waals surface area (Å²) >= 11 is 0. The standard InChI is InChI=1S/C37H58O/c1-2-4-6-8-10-12-14-16-18-20-22-28-34-29-23-24-30-35(34)36-31-25-26-32-37(36)38-33-27-21-19-17-15-13-11-9-7-5-3-1/h23-26,29-32H,1-22,27-28,33H2. The molecule has 38 heavy (non-hydrogen) atoms. The van der Waals surface area contributed by atoms with E-state index in [1.165, 1.54) is 164 Å². The van der Waals surface area contributed by atoms with E-state index in [9.17, 15) is 0 Å². The van der Waals surface area contributed by atoms with Crippen molar-refractivity contribution in [3.63, 3.8) is 0 Å². The third-order valence-corrected chi connectivity index (χ3v) is 8.54. The van der Waals surface area contributed by atoms with Crippen molar-refractivity contribution in [3.8, 4) is 16.9 Å². The zero-order valence-electron chi connectivity index (χ0n) is 24.7. The number of benzene rings is 2. The molecule has 0 fully saturated rings. The Morgan fingerprint density at radius 1 is 0.342 bits per heavy atom. The first kappa shape index (κ1) is 30.8. The molecule has 1 aliphatic rings. The van der Waals surface area contributed by atoms with Crippen LogP contribution in [0, 0.1) is 0 Å². The first-order valence-corrected chi connectivity index (χ1v) is 16.8. The van der Waals surface area contributed by atoms with Crippen LogP contribution < -0.4 is 4.74 Å². The third-order valence-electron chi connectivity index (χ3n) is 8.54. The molecule has 0 spiro atoms. The normalized spacial score (nSPS) is 19.8. The lowest BCUT2D eigenvalue weighted by molar-refractivity contribution is 0.305. The van der Waals surface area contributed by atoms with E-state index in [2.05, 4.69) is 48.5 Å². The summed E-state index contributed by atoms with van der Waals surface area (Å²) < 4.78 is 6.34. The highest BCUT2D eigenvalue weighted by Gasteiger charge is 2.10. The van der Waals surface area contributed by atoms with E-state index in [-0.39, 0.29) is 0 Å². The molecule has 0 aliphatic carbocycles. The molecule has 0 saturated heterocycles. The van der Waals surface area contributed by atoms with Gasteiger partial charge in [-0.25, -0.2) is 0 Å². The van der Waals surface area contributed by atoms with Gasteiger partial charge in [0.1, 0.15) is 5.75 Å². The van der Waals surface area contributed by atoms with Crippen LogP contribution in [0.2, 0.25) is 0 Å². The number of fused-ring (bicyclic) bond motifs is 3. The van der Waals surface area contributed by atoms with Gasteiger partial charge in [-0.1, -0.05) is 177 Å². The zero-order valence-corrected chi connectivity index (χ0v) is 24.7. The first-order chi connectivity index (χ1) is 18.9. The molecule has 0 unspecified atom stereocenters. The Morgan fingerprint density at radius 3 is 1.21 bits per heavy atom. The van der Waals surface area contributed by atoms with E-state index >= 15 is 0 Å². The summed E-state index contributed by atoms with van der Waals surface area (Å²) in [7, 11) is 0. The average molecular weight is 519 g/mol. The molecule has 0 saturated carbocycles. The number of aryl methyl sites for hydroxylation is 1. The van der Waals surface area contributed by atoms with Gasteiger partial charge in [0.2, 0.25) is 0 Å². The van der Waals surface area contributed by atoms with Crippen LogP contribution in [0.4, 0.5) is 0 Å².